The second kappa shape index (κ2) is 5.15. The molecule has 1 saturated carbocycles. The van der Waals surface area contributed by atoms with Gasteiger partial charge in [-0.3, -0.25) is 9.71 Å². The third-order valence-corrected chi connectivity index (χ3v) is 4.30. The number of anilines is 1. The summed E-state index contributed by atoms with van der Waals surface area (Å²) in [5.41, 5.74) is 5.25. The van der Waals surface area contributed by atoms with Crippen molar-refractivity contribution >= 4 is 15.7 Å². The Labute approximate surface area is 125 Å². The van der Waals surface area contributed by atoms with E-state index in [0.717, 1.165) is 22.9 Å². The minimum absolute atomic E-state index is 0.593. The number of benzene rings is 1. The van der Waals surface area contributed by atoms with Crippen LogP contribution in [-0.4, -0.2) is 19.7 Å². The Morgan fingerprint density at radius 2 is 1.95 bits per heavy atom. The van der Waals surface area contributed by atoms with Gasteiger partial charge in [0.25, 0.3) is 0 Å². The zero-order valence-electron chi connectivity index (χ0n) is 12.1. The number of rotatable bonds is 4. The van der Waals surface area contributed by atoms with Crippen LogP contribution in [0.2, 0.25) is 0 Å². The molecule has 1 aromatic carbocycles. The smallest absolute Gasteiger partial charge is 0.229 e. The van der Waals surface area contributed by atoms with Crippen molar-refractivity contribution in [2.45, 2.75) is 25.7 Å². The van der Waals surface area contributed by atoms with E-state index in [4.69, 9.17) is 0 Å². The van der Waals surface area contributed by atoms with Gasteiger partial charge in [0.2, 0.25) is 10.0 Å². The fraction of sp³-hybridized carbons (Fsp3) is 0.312. The molecule has 4 nitrogen and oxygen atoms in total. The molecule has 5 heteroatoms. The van der Waals surface area contributed by atoms with Crippen LogP contribution in [0.1, 0.15) is 29.9 Å². The molecule has 2 aromatic rings. The van der Waals surface area contributed by atoms with E-state index in [1.54, 1.807) is 6.07 Å². The van der Waals surface area contributed by atoms with Gasteiger partial charge in [-0.25, -0.2) is 8.42 Å². The van der Waals surface area contributed by atoms with Crippen molar-refractivity contribution in [3.8, 4) is 11.1 Å². The molecule has 1 aromatic heterocycles. The first-order valence-electron chi connectivity index (χ1n) is 6.97. The maximum atomic E-state index is 11.3. The fourth-order valence-corrected chi connectivity index (χ4v) is 3.18. The molecule has 0 bridgehead atoms. The molecule has 110 valence electrons. The van der Waals surface area contributed by atoms with Gasteiger partial charge in [0.15, 0.2) is 0 Å². The summed E-state index contributed by atoms with van der Waals surface area (Å²) in [5, 5.41) is 0. The molecule has 1 N–H and O–H groups in total. The Morgan fingerprint density at radius 3 is 2.57 bits per heavy atom. The van der Waals surface area contributed by atoms with Gasteiger partial charge in [-0.2, -0.15) is 0 Å². The second-order valence-corrected chi connectivity index (χ2v) is 7.39. The lowest BCUT2D eigenvalue weighted by molar-refractivity contribution is 0.607. The van der Waals surface area contributed by atoms with Crippen LogP contribution in [0.5, 0.6) is 0 Å². The van der Waals surface area contributed by atoms with Crippen molar-refractivity contribution in [3.63, 3.8) is 0 Å². The van der Waals surface area contributed by atoms with Gasteiger partial charge in [-0.05, 0) is 60.6 Å². The Hall–Kier alpha value is -1.88. The van der Waals surface area contributed by atoms with Crippen LogP contribution >= 0.6 is 0 Å². The van der Waals surface area contributed by atoms with Gasteiger partial charge in [-0.1, -0.05) is 6.07 Å². The lowest BCUT2D eigenvalue weighted by Gasteiger charge is -2.13. The molecule has 3 rings (SSSR count). The van der Waals surface area contributed by atoms with E-state index in [9.17, 15) is 8.42 Å². The lowest BCUT2D eigenvalue weighted by atomic mass is 9.95. The number of aryl methyl sites for hydroxylation is 1. The van der Waals surface area contributed by atoms with Crippen LogP contribution < -0.4 is 4.72 Å². The number of nitrogens with one attached hydrogen (secondary N) is 1. The molecule has 1 heterocycles. The molecule has 1 fully saturated rings. The number of aromatic nitrogens is 1. The molecule has 21 heavy (non-hydrogen) atoms. The summed E-state index contributed by atoms with van der Waals surface area (Å²) in [4.78, 5) is 4.24. The van der Waals surface area contributed by atoms with Gasteiger partial charge in [0.1, 0.15) is 0 Å². The number of hydrogen-bond donors (Lipinski definition) is 1. The maximum Gasteiger partial charge on any atom is 0.229 e. The van der Waals surface area contributed by atoms with Crippen molar-refractivity contribution in [1.29, 1.82) is 0 Å². The monoisotopic (exact) mass is 302 g/mol. The van der Waals surface area contributed by atoms with Crippen molar-refractivity contribution in [2.75, 3.05) is 11.0 Å². The van der Waals surface area contributed by atoms with E-state index in [0.29, 0.717) is 11.6 Å². The van der Waals surface area contributed by atoms with Crippen LogP contribution in [0.15, 0.2) is 36.7 Å². The van der Waals surface area contributed by atoms with Gasteiger partial charge >= 0.3 is 0 Å². The maximum absolute atomic E-state index is 11.3. The highest BCUT2D eigenvalue weighted by Gasteiger charge is 2.26. The van der Waals surface area contributed by atoms with Crippen LogP contribution in [0.25, 0.3) is 11.1 Å². The second-order valence-electron chi connectivity index (χ2n) is 5.64. The predicted octanol–water partition coefficient (Wildman–Crippen LogP) is 3.31. The molecule has 1 aliphatic carbocycles. The normalized spacial score (nSPS) is 15.0. The van der Waals surface area contributed by atoms with Crippen molar-refractivity contribution in [2.24, 2.45) is 0 Å². The quantitative estimate of drug-likeness (QED) is 0.942. The third-order valence-electron chi connectivity index (χ3n) is 3.69. The Morgan fingerprint density at radius 1 is 1.19 bits per heavy atom. The molecule has 0 spiro atoms. The zero-order valence-corrected chi connectivity index (χ0v) is 12.9. The lowest BCUT2D eigenvalue weighted by Crippen LogP contribution is -2.09. The summed E-state index contributed by atoms with van der Waals surface area (Å²) in [6.45, 7) is 1.99. The number of sulfonamides is 1. The average Bonchev–Trinajstić information content (AvgIpc) is 3.21. The average molecular weight is 302 g/mol. The Balaban J connectivity index is 2.00. The number of pyridine rings is 1. The van der Waals surface area contributed by atoms with E-state index in [1.165, 1.54) is 18.4 Å². The molecular weight excluding hydrogens is 284 g/mol. The first kappa shape index (κ1) is 14.1. The standard InChI is InChI=1S/C16H18N2O2S/c1-11-9-13(18-21(2,19)20)5-6-14(11)16-10-17-8-7-15(16)12-3-4-12/h5-10,12,18H,3-4H2,1-2H3. The highest BCUT2D eigenvalue weighted by molar-refractivity contribution is 7.92. The van der Waals surface area contributed by atoms with Gasteiger partial charge < -0.3 is 0 Å². The molecular formula is C16H18N2O2S. The topological polar surface area (TPSA) is 59.1 Å². The van der Waals surface area contributed by atoms with Crippen molar-refractivity contribution in [1.82, 2.24) is 4.98 Å². The van der Waals surface area contributed by atoms with Crippen molar-refractivity contribution in [3.05, 3.63) is 47.8 Å². The van der Waals surface area contributed by atoms with Crippen LogP contribution in [0.4, 0.5) is 5.69 Å². The highest BCUT2D eigenvalue weighted by Crippen LogP contribution is 2.44. The molecule has 0 unspecified atom stereocenters. The van der Waals surface area contributed by atoms with E-state index < -0.39 is 10.0 Å². The van der Waals surface area contributed by atoms with Gasteiger partial charge in [0, 0.05) is 23.6 Å². The molecule has 0 saturated heterocycles. The predicted molar refractivity (Wildman–Crippen MR) is 84.9 cm³/mol. The van der Waals surface area contributed by atoms with E-state index in [1.807, 2.05) is 31.5 Å². The van der Waals surface area contributed by atoms with Crippen LogP contribution in [0, 0.1) is 6.92 Å². The molecule has 0 atom stereocenters. The third kappa shape index (κ3) is 3.24. The van der Waals surface area contributed by atoms with Gasteiger partial charge in [0.05, 0.1) is 6.26 Å². The summed E-state index contributed by atoms with van der Waals surface area (Å²) in [7, 11) is -3.25. The summed E-state index contributed by atoms with van der Waals surface area (Å²) in [5.74, 6) is 0.649. The first-order valence-corrected chi connectivity index (χ1v) is 8.86. The molecule has 0 aliphatic heterocycles. The first-order chi connectivity index (χ1) is 9.94. The minimum atomic E-state index is -3.25. The molecule has 0 amide bonds. The van der Waals surface area contributed by atoms with Gasteiger partial charge in [-0.15, -0.1) is 0 Å². The Bertz CT molecular complexity index is 781. The largest absolute Gasteiger partial charge is 0.284 e. The molecule has 0 radical (unpaired) electrons. The summed E-state index contributed by atoms with van der Waals surface area (Å²) >= 11 is 0. The van der Waals surface area contributed by atoms with Crippen LogP contribution in [-0.2, 0) is 10.0 Å². The van der Waals surface area contributed by atoms with Crippen LogP contribution in [0.3, 0.4) is 0 Å². The van der Waals surface area contributed by atoms with E-state index in [2.05, 4.69) is 15.8 Å². The molecule has 1 aliphatic rings. The number of nitrogens with zero attached hydrogens (tertiary/aromatic N) is 1. The summed E-state index contributed by atoms with van der Waals surface area (Å²) < 4.78 is 25.1. The SMILES string of the molecule is Cc1cc(NS(C)(=O)=O)ccc1-c1cnccc1C1CC1. The fourth-order valence-electron chi connectivity index (χ4n) is 2.62. The summed E-state index contributed by atoms with van der Waals surface area (Å²) in [6, 6.07) is 7.72. The highest BCUT2D eigenvalue weighted by atomic mass is 32.2. The van der Waals surface area contributed by atoms with E-state index >= 15 is 0 Å². The number of hydrogen-bond acceptors (Lipinski definition) is 3. The van der Waals surface area contributed by atoms with Crippen molar-refractivity contribution < 1.29 is 8.42 Å². The minimum Gasteiger partial charge on any atom is -0.284 e. The Kier molecular flexibility index (Phi) is 3.45. The van der Waals surface area contributed by atoms with E-state index in [-0.39, 0.29) is 0 Å². The summed E-state index contributed by atoms with van der Waals surface area (Å²) in [6.07, 6.45) is 7.38. The zero-order chi connectivity index (χ0) is 15.0.